The number of hydrogen-bond donors (Lipinski definition) is 1. The molecule has 0 unspecified atom stereocenters. The van der Waals surface area contributed by atoms with E-state index in [1.807, 2.05) is 36.4 Å². The van der Waals surface area contributed by atoms with Crippen LogP contribution in [-0.2, 0) is 0 Å². The maximum absolute atomic E-state index is 8.75. The molecule has 0 spiro atoms. The standard InChI is InChI=1S/C11H7N3/c12-5-8(6-13)10-7-14-11-4-2-1-3-9(10)11/h1-4,14H,7H2. The first-order valence-corrected chi connectivity index (χ1v) is 4.23. The van der Waals surface area contributed by atoms with Gasteiger partial charge in [-0.05, 0) is 6.07 Å². The number of allylic oxidation sites excluding steroid dienone is 1. The predicted molar refractivity (Wildman–Crippen MR) is 53.1 cm³/mol. The van der Waals surface area contributed by atoms with Crippen LogP contribution in [0.25, 0.3) is 5.57 Å². The summed E-state index contributed by atoms with van der Waals surface area (Å²) in [5.74, 6) is 0. The summed E-state index contributed by atoms with van der Waals surface area (Å²) in [6.07, 6.45) is 0. The van der Waals surface area contributed by atoms with Gasteiger partial charge in [0.2, 0.25) is 0 Å². The first-order chi connectivity index (χ1) is 6.86. The van der Waals surface area contributed by atoms with Crippen LogP contribution >= 0.6 is 0 Å². The van der Waals surface area contributed by atoms with Crippen molar-refractivity contribution in [3.8, 4) is 12.1 Å². The summed E-state index contributed by atoms with van der Waals surface area (Å²) < 4.78 is 0. The van der Waals surface area contributed by atoms with Crippen molar-refractivity contribution in [3.63, 3.8) is 0 Å². The molecule has 1 aromatic carbocycles. The van der Waals surface area contributed by atoms with E-state index in [0.717, 1.165) is 16.8 Å². The first kappa shape index (κ1) is 8.34. The Hall–Kier alpha value is -2.26. The van der Waals surface area contributed by atoms with E-state index < -0.39 is 0 Å². The highest BCUT2D eigenvalue weighted by atomic mass is 14.9. The van der Waals surface area contributed by atoms with E-state index >= 15 is 0 Å². The van der Waals surface area contributed by atoms with Gasteiger partial charge in [-0.25, -0.2) is 0 Å². The summed E-state index contributed by atoms with van der Waals surface area (Å²) in [5.41, 5.74) is 2.95. The van der Waals surface area contributed by atoms with Crippen molar-refractivity contribution in [2.75, 3.05) is 11.9 Å². The van der Waals surface area contributed by atoms with Crippen molar-refractivity contribution in [3.05, 3.63) is 35.4 Å². The summed E-state index contributed by atoms with van der Waals surface area (Å²) in [5, 5.41) is 20.6. The summed E-state index contributed by atoms with van der Waals surface area (Å²) in [7, 11) is 0. The summed E-state index contributed by atoms with van der Waals surface area (Å²) >= 11 is 0. The van der Waals surface area contributed by atoms with Gasteiger partial charge in [0.25, 0.3) is 0 Å². The zero-order chi connectivity index (χ0) is 9.97. The Labute approximate surface area is 81.9 Å². The Balaban J connectivity index is 2.62. The van der Waals surface area contributed by atoms with Crippen molar-refractivity contribution in [1.82, 2.24) is 0 Å². The average Bonchev–Trinajstić information content (AvgIpc) is 2.65. The minimum atomic E-state index is 0.197. The molecule has 2 rings (SSSR count). The van der Waals surface area contributed by atoms with Gasteiger partial charge in [0.15, 0.2) is 0 Å². The Bertz CT molecular complexity index is 470. The maximum atomic E-state index is 8.75. The molecule has 1 aromatic rings. The number of rotatable bonds is 0. The molecule has 0 aliphatic carbocycles. The monoisotopic (exact) mass is 181 g/mol. The van der Waals surface area contributed by atoms with Crippen LogP contribution in [0.1, 0.15) is 5.56 Å². The van der Waals surface area contributed by atoms with Crippen molar-refractivity contribution < 1.29 is 0 Å². The van der Waals surface area contributed by atoms with Crippen molar-refractivity contribution >= 4 is 11.3 Å². The topological polar surface area (TPSA) is 59.6 Å². The van der Waals surface area contributed by atoms with E-state index in [1.165, 1.54) is 0 Å². The second-order valence-corrected chi connectivity index (χ2v) is 2.98. The fraction of sp³-hybridized carbons (Fsp3) is 0.0909. The summed E-state index contributed by atoms with van der Waals surface area (Å²) in [6, 6.07) is 11.5. The number of nitriles is 2. The van der Waals surface area contributed by atoms with Crippen LogP contribution in [0.15, 0.2) is 29.8 Å². The molecule has 3 nitrogen and oxygen atoms in total. The molecule has 0 amide bonds. The molecule has 0 saturated heterocycles. The largest absolute Gasteiger partial charge is 0.380 e. The molecular weight excluding hydrogens is 174 g/mol. The molecule has 0 aromatic heterocycles. The van der Waals surface area contributed by atoms with E-state index in [9.17, 15) is 0 Å². The van der Waals surface area contributed by atoms with Crippen LogP contribution in [0.3, 0.4) is 0 Å². The average molecular weight is 181 g/mol. The lowest BCUT2D eigenvalue weighted by molar-refractivity contribution is 1.41. The quantitative estimate of drug-likeness (QED) is 0.622. The molecule has 0 saturated carbocycles. The van der Waals surface area contributed by atoms with Gasteiger partial charge in [0, 0.05) is 23.4 Å². The molecular formula is C11H7N3. The van der Waals surface area contributed by atoms with Gasteiger partial charge < -0.3 is 5.32 Å². The van der Waals surface area contributed by atoms with Gasteiger partial charge in [0.05, 0.1) is 0 Å². The van der Waals surface area contributed by atoms with E-state index in [2.05, 4.69) is 5.32 Å². The number of nitrogens with one attached hydrogen (secondary N) is 1. The smallest absolute Gasteiger partial charge is 0.135 e. The van der Waals surface area contributed by atoms with Crippen molar-refractivity contribution in [2.24, 2.45) is 0 Å². The minimum Gasteiger partial charge on any atom is -0.380 e. The van der Waals surface area contributed by atoms with Crippen LogP contribution in [0.2, 0.25) is 0 Å². The van der Waals surface area contributed by atoms with Crippen LogP contribution < -0.4 is 5.32 Å². The molecule has 14 heavy (non-hydrogen) atoms. The zero-order valence-corrected chi connectivity index (χ0v) is 7.41. The summed E-state index contributed by atoms with van der Waals surface area (Å²) in [6.45, 7) is 0.565. The molecule has 3 heteroatoms. The lowest BCUT2D eigenvalue weighted by Crippen LogP contribution is -1.93. The Morgan fingerprint density at radius 3 is 2.64 bits per heavy atom. The number of nitrogens with zero attached hydrogens (tertiary/aromatic N) is 2. The van der Waals surface area contributed by atoms with E-state index in [1.54, 1.807) is 0 Å². The van der Waals surface area contributed by atoms with Gasteiger partial charge in [-0.3, -0.25) is 0 Å². The van der Waals surface area contributed by atoms with Gasteiger partial charge in [-0.1, -0.05) is 18.2 Å². The zero-order valence-electron chi connectivity index (χ0n) is 7.41. The SMILES string of the molecule is N#CC(C#N)=C1CNc2ccccc21. The molecule has 0 bridgehead atoms. The number of benzene rings is 1. The van der Waals surface area contributed by atoms with Gasteiger partial charge in [0.1, 0.15) is 17.7 Å². The molecule has 1 aliphatic rings. The number of hydrogen-bond acceptors (Lipinski definition) is 3. The molecule has 0 radical (unpaired) electrons. The third-order valence-corrected chi connectivity index (χ3v) is 2.23. The minimum absolute atomic E-state index is 0.197. The molecule has 0 fully saturated rings. The maximum Gasteiger partial charge on any atom is 0.135 e. The van der Waals surface area contributed by atoms with Gasteiger partial charge >= 0.3 is 0 Å². The second-order valence-electron chi connectivity index (χ2n) is 2.98. The van der Waals surface area contributed by atoms with Crippen molar-refractivity contribution in [2.45, 2.75) is 0 Å². The fourth-order valence-corrected chi connectivity index (χ4v) is 1.56. The highest BCUT2D eigenvalue weighted by Crippen LogP contribution is 2.31. The fourth-order valence-electron chi connectivity index (χ4n) is 1.56. The van der Waals surface area contributed by atoms with E-state index in [4.69, 9.17) is 10.5 Å². The molecule has 1 aliphatic heterocycles. The highest BCUT2D eigenvalue weighted by molar-refractivity contribution is 5.88. The van der Waals surface area contributed by atoms with E-state index in [-0.39, 0.29) is 5.57 Å². The summed E-state index contributed by atoms with van der Waals surface area (Å²) in [4.78, 5) is 0. The third-order valence-electron chi connectivity index (χ3n) is 2.23. The van der Waals surface area contributed by atoms with Gasteiger partial charge in [-0.2, -0.15) is 10.5 Å². The first-order valence-electron chi connectivity index (χ1n) is 4.23. The van der Waals surface area contributed by atoms with Crippen LogP contribution in [0.5, 0.6) is 0 Å². The number of anilines is 1. The van der Waals surface area contributed by atoms with Crippen LogP contribution in [0, 0.1) is 22.7 Å². The predicted octanol–water partition coefficient (Wildman–Crippen LogP) is 1.91. The second kappa shape index (κ2) is 3.24. The number of para-hydroxylation sites is 1. The Morgan fingerprint density at radius 2 is 1.93 bits per heavy atom. The number of fused-ring (bicyclic) bond motifs is 1. The molecule has 1 heterocycles. The normalized spacial score (nSPS) is 12.3. The van der Waals surface area contributed by atoms with Crippen LogP contribution in [0.4, 0.5) is 5.69 Å². The Kier molecular flexibility index (Phi) is 1.93. The highest BCUT2D eigenvalue weighted by Gasteiger charge is 2.18. The molecule has 66 valence electrons. The van der Waals surface area contributed by atoms with E-state index in [0.29, 0.717) is 6.54 Å². The Morgan fingerprint density at radius 1 is 1.21 bits per heavy atom. The molecule has 1 N–H and O–H groups in total. The lowest BCUT2D eigenvalue weighted by Gasteiger charge is -1.96. The molecule has 0 atom stereocenters. The third kappa shape index (κ3) is 1.12. The lowest BCUT2D eigenvalue weighted by atomic mass is 10.0. The van der Waals surface area contributed by atoms with Gasteiger partial charge in [-0.15, -0.1) is 0 Å². The van der Waals surface area contributed by atoms with Crippen molar-refractivity contribution in [1.29, 1.82) is 10.5 Å². The van der Waals surface area contributed by atoms with Crippen LogP contribution in [-0.4, -0.2) is 6.54 Å².